The van der Waals surface area contributed by atoms with E-state index in [9.17, 15) is 4.79 Å². The predicted octanol–water partition coefficient (Wildman–Crippen LogP) is 2.04. The van der Waals surface area contributed by atoms with E-state index in [2.05, 4.69) is 19.9 Å². The second-order valence-corrected chi connectivity index (χ2v) is 5.07. The number of benzene rings is 1. The molecule has 0 unspecified atom stereocenters. The highest BCUT2D eigenvalue weighted by molar-refractivity contribution is 7.71. The van der Waals surface area contributed by atoms with Gasteiger partial charge in [-0.1, -0.05) is 0 Å². The van der Waals surface area contributed by atoms with Gasteiger partial charge >= 0.3 is 0 Å². The Kier molecular flexibility index (Phi) is 2.90. The molecule has 6 nitrogen and oxygen atoms in total. The lowest BCUT2D eigenvalue weighted by atomic mass is 10.2. The molecule has 3 aromatic rings. The van der Waals surface area contributed by atoms with Crippen LogP contribution in [0.3, 0.4) is 0 Å². The fraction of sp³-hybridized carbons (Fsp3) is 0.154. The van der Waals surface area contributed by atoms with Crippen LogP contribution in [0.5, 0.6) is 0 Å². The Hall–Kier alpha value is -2.41. The van der Waals surface area contributed by atoms with Crippen molar-refractivity contribution in [1.82, 2.24) is 19.9 Å². The van der Waals surface area contributed by atoms with E-state index >= 15 is 0 Å². The van der Waals surface area contributed by atoms with Crippen LogP contribution in [0.4, 0.5) is 5.69 Å². The molecule has 7 heteroatoms. The Morgan fingerprint density at radius 2 is 1.80 bits per heavy atom. The third-order valence-corrected chi connectivity index (χ3v) is 3.25. The molecule has 0 radical (unpaired) electrons. The lowest BCUT2D eigenvalue weighted by molar-refractivity contribution is 1.12. The first kappa shape index (κ1) is 12.6. The van der Waals surface area contributed by atoms with Gasteiger partial charge in [0.15, 0.2) is 10.4 Å². The van der Waals surface area contributed by atoms with E-state index in [4.69, 9.17) is 12.2 Å². The third-order valence-electron chi connectivity index (χ3n) is 3.05. The first-order valence-corrected chi connectivity index (χ1v) is 6.45. The van der Waals surface area contributed by atoms with Crippen molar-refractivity contribution in [2.45, 2.75) is 0 Å². The van der Waals surface area contributed by atoms with E-state index in [0.717, 1.165) is 11.3 Å². The molecule has 102 valence electrons. The summed E-state index contributed by atoms with van der Waals surface area (Å²) in [6.07, 6.45) is 0. The largest absolute Gasteiger partial charge is 0.378 e. The van der Waals surface area contributed by atoms with Gasteiger partial charge in [0, 0.05) is 25.3 Å². The number of aromatic nitrogens is 4. The minimum atomic E-state index is -0.271. The molecule has 2 aromatic heterocycles. The molecule has 0 aliphatic heterocycles. The van der Waals surface area contributed by atoms with Gasteiger partial charge in [-0.2, -0.15) is 0 Å². The number of rotatable bonds is 2. The molecule has 0 saturated heterocycles. The molecular formula is C13H13N5OS. The molecule has 2 heterocycles. The molecule has 3 N–H and O–H groups in total. The van der Waals surface area contributed by atoms with Crippen molar-refractivity contribution in [3.63, 3.8) is 0 Å². The summed E-state index contributed by atoms with van der Waals surface area (Å²) in [5, 5.41) is 0. The van der Waals surface area contributed by atoms with Crippen molar-refractivity contribution in [1.29, 1.82) is 0 Å². The average Bonchev–Trinajstić information content (AvgIpc) is 2.83. The van der Waals surface area contributed by atoms with Crippen molar-refractivity contribution in [3.8, 4) is 11.4 Å². The van der Waals surface area contributed by atoms with Gasteiger partial charge < -0.3 is 14.9 Å². The summed E-state index contributed by atoms with van der Waals surface area (Å²) < 4.78 is 0.267. The van der Waals surface area contributed by atoms with Gasteiger partial charge in [0.2, 0.25) is 0 Å². The molecule has 1 aromatic carbocycles. The maximum Gasteiger partial charge on any atom is 0.277 e. The minimum Gasteiger partial charge on any atom is -0.378 e. The van der Waals surface area contributed by atoms with Gasteiger partial charge in [0.1, 0.15) is 11.3 Å². The van der Waals surface area contributed by atoms with E-state index in [1.807, 2.05) is 43.3 Å². The molecule has 0 aliphatic carbocycles. The topological polar surface area (TPSA) is 80.6 Å². The molecule has 3 rings (SSSR count). The van der Waals surface area contributed by atoms with Crippen LogP contribution >= 0.6 is 12.2 Å². The van der Waals surface area contributed by atoms with Crippen LogP contribution in [-0.4, -0.2) is 34.0 Å². The number of fused-ring (bicyclic) bond motifs is 1. The van der Waals surface area contributed by atoms with Crippen LogP contribution in [0.15, 0.2) is 29.1 Å². The number of H-pyrrole nitrogens is 3. The zero-order valence-electron chi connectivity index (χ0n) is 11.0. The highest BCUT2D eigenvalue weighted by Gasteiger charge is 2.08. The van der Waals surface area contributed by atoms with Gasteiger partial charge in [0.05, 0.1) is 0 Å². The molecule has 0 fully saturated rings. The van der Waals surface area contributed by atoms with Crippen LogP contribution in [-0.2, 0) is 0 Å². The summed E-state index contributed by atoms with van der Waals surface area (Å²) >= 11 is 4.93. The number of hydrogen-bond acceptors (Lipinski definition) is 4. The zero-order chi connectivity index (χ0) is 14.3. The quantitative estimate of drug-likeness (QED) is 0.630. The SMILES string of the molecule is CN(C)c1ccc(-c2nc3[nH]c(=S)[nH]c(=O)c3[nH]2)cc1. The standard InChI is InChI=1S/C13H13N5OS/c1-18(2)8-5-3-7(4-6-8)10-14-9-11(15-10)16-13(20)17-12(9)19/h3-6H,1-2H3,(H3,14,15,16,17,19,20). The van der Waals surface area contributed by atoms with E-state index in [-0.39, 0.29) is 10.3 Å². The Labute approximate surface area is 119 Å². The smallest absolute Gasteiger partial charge is 0.277 e. The summed E-state index contributed by atoms with van der Waals surface area (Å²) in [7, 11) is 3.96. The highest BCUT2D eigenvalue weighted by atomic mass is 32.1. The van der Waals surface area contributed by atoms with E-state index in [1.54, 1.807) is 0 Å². The van der Waals surface area contributed by atoms with E-state index < -0.39 is 0 Å². The molecule has 0 atom stereocenters. The Bertz CT molecular complexity index is 872. The summed E-state index contributed by atoms with van der Waals surface area (Å²) in [4.78, 5) is 26.6. The maximum atomic E-state index is 11.8. The van der Waals surface area contributed by atoms with Crippen molar-refractivity contribution >= 4 is 29.1 Å². The summed E-state index contributed by atoms with van der Waals surface area (Å²) in [5.74, 6) is 0.632. The number of nitrogens with one attached hydrogen (secondary N) is 3. The average molecular weight is 287 g/mol. The highest BCUT2D eigenvalue weighted by Crippen LogP contribution is 2.21. The van der Waals surface area contributed by atoms with Crippen LogP contribution < -0.4 is 10.5 Å². The van der Waals surface area contributed by atoms with Crippen LogP contribution in [0, 0.1) is 4.77 Å². The summed E-state index contributed by atoms with van der Waals surface area (Å²) in [6, 6.07) is 7.90. The van der Waals surface area contributed by atoms with Crippen molar-refractivity contribution in [3.05, 3.63) is 39.4 Å². The summed E-state index contributed by atoms with van der Waals surface area (Å²) in [6.45, 7) is 0. The second-order valence-electron chi connectivity index (χ2n) is 4.66. The zero-order valence-corrected chi connectivity index (χ0v) is 11.8. The lowest BCUT2D eigenvalue weighted by Crippen LogP contribution is -2.08. The van der Waals surface area contributed by atoms with Crippen molar-refractivity contribution < 1.29 is 0 Å². The van der Waals surface area contributed by atoms with Crippen LogP contribution in [0.25, 0.3) is 22.6 Å². The molecule has 0 aliphatic rings. The fourth-order valence-corrected chi connectivity index (χ4v) is 2.18. The Morgan fingerprint density at radius 1 is 1.10 bits per heavy atom. The third kappa shape index (κ3) is 2.12. The molecule has 20 heavy (non-hydrogen) atoms. The number of nitrogens with zero attached hydrogens (tertiary/aromatic N) is 2. The molecular weight excluding hydrogens is 274 g/mol. The molecule has 0 amide bonds. The van der Waals surface area contributed by atoms with Crippen molar-refractivity contribution in [2.24, 2.45) is 0 Å². The normalized spacial score (nSPS) is 10.9. The number of hydrogen-bond donors (Lipinski definition) is 3. The predicted molar refractivity (Wildman–Crippen MR) is 81.7 cm³/mol. The lowest BCUT2D eigenvalue weighted by Gasteiger charge is -2.11. The van der Waals surface area contributed by atoms with Gasteiger partial charge in [-0.05, 0) is 36.5 Å². The van der Waals surface area contributed by atoms with Crippen molar-refractivity contribution in [2.75, 3.05) is 19.0 Å². The van der Waals surface area contributed by atoms with E-state index in [0.29, 0.717) is 17.0 Å². The number of aromatic amines is 3. The van der Waals surface area contributed by atoms with Crippen LogP contribution in [0.2, 0.25) is 0 Å². The maximum absolute atomic E-state index is 11.8. The van der Waals surface area contributed by atoms with Gasteiger partial charge in [-0.15, -0.1) is 0 Å². The molecule has 0 bridgehead atoms. The summed E-state index contributed by atoms with van der Waals surface area (Å²) in [5.41, 5.74) is 2.59. The molecule has 0 saturated carbocycles. The van der Waals surface area contributed by atoms with Gasteiger partial charge in [-0.3, -0.25) is 9.78 Å². The van der Waals surface area contributed by atoms with Gasteiger partial charge in [-0.25, -0.2) is 4.98 Å². The second kappa shape index (κ2) is 4.61. The van der Waals surface area contributed by atoms with Gasteiger partial charge in [0.25, 0.3) is 5.56 Å². The number of imidazole rings is 1. The fourth-order valence-electron chi connectivity index (χ4n) is 1.99. The monoisotopic (exact) mass is 287 g/mol. The van der Waals surface area contributed by atoms with E-state index in [1.165, 1.54) is 0 Å². The number of anilines is 1. The Morgan fingerprint density at radius 3 is 2.45 bits per heavy atom. The Balaban J connectivity index is 2.12. The molecule has 0 spiro atoms. The first-order valence-electron chi connectivity index (χ1n) is 6.04. The first-order chi connectivity index (χ1) is 9.54. The minimum absolute atomic E-state index is 0.267. The van der Waals surface area contributed by atoms with Crippen LogP contribution in [0.1, 0.15) is 0 Å².